The van der Waals surface area contributed by atoms with Crippen molar-refractivity contribution in [1.29, 1.82) is 0 Å². The molecule has 0 aromatic heterocycles. The van der Waals surface area contributed by atoms with Crippen LogP contribution in [-0.4, -0.2) is 46.3 Å². The summed E-state index contributed by atoms with van der Waals surface area (Å²) in [6.07, 6.45) is 6.54. The second kappa shape index (κ2) is 12.8. The lowest BCUT2D eigenvalue weighted by Crippen LogP contribution is -2.00. The van der Waals surface area contributed by atoms with Gasteiger partial charge in [0.05, 0.1) is 46.2 Å². The molecule has 0 saturated carbocycles. The number of allylic oxidation sites excluding steroid dienone is 1. The number of nitro benzene ring substituents is 1. The van der Waals surface area contributed by atoms with E-state index in [1.165, 1.54) is 50.8 Å². The number of carbonyl (C=O) groups is 1. The molecule has 0 saturated heterocycles. The second-order valence-electron chi connectivity index (χ2n) is 7.74. The average Bonchev–Trinajstić information content (AvgIpc) is 2.94. The minimum absolute atomic E-state index is 0.0862. The zero-order valence-corrected chi connectivity index (χ0v) is 21.6. The molecule has 3 aromatic rings. The molecular formula is C28H28N2O8. The molecular weight excluding hydrogens is 492 g/mol. The smallest absolute Gasteiger partial charge is 0.269 e. The van der Waals surface area contributed by atoms with E-state index in [0.717, 1.165) is 11.1 Å². The van der Waals surface area contributed by atoms with Crippen LogP contribution in [0.15, 0.2) is 60.8 Å². The van der Waals surface area contributed by atoms with Gasteiger partial charge in [-0.1, -0.05) is 12.2 Å². The van der Waals surface area contributed by atoms with E-state index in [1.807, 2.05) is 36.4 Å². The van der Waals surface area contributed by atoms with E-state index >= 15 is 0 Å². The van der Waals surface area contributed by atoms with Crippen LogP contribution < -0.4 is 29.0 Å². The summed E-state index contributed by atoms with van der Waals surface area (Å²) < 4.78 is 27.2. The number of methoxy groups -OCH3 is 5. The largest absolute Gasteiger partial charge is 0.493 e. The minimum atomic E-state index is -0.519. The number of hydrogen-bond donors (Lipinski definition) is 1. The number of carbonyl (C=O) groups excluding carboxylic acids is 1. The first kappa shape index (κ1) is 27.6. The Morgan fingerprint density at radius 2 is 1.26 bits per heavy atom. The van der Waals surface area contributed by atoms with Gasteiger partial charge in [0.25, 0.3) is 5.69 Å². The number of nitrogens with zero attached hydrogens (tertiary/aromatic N) is 1. The van der Waals surface area contributed by atoms with Crippen molar-refractivity contribution in [2.24, 2.45) is 0 Å². The molecule has 0 radical (unpaired) electrons. The van der Waals surface area contributed by atoms with Crippen molar-refractivity contribution < 1.29 is 33.4 Å². The molecule has 3 aromatic carbocycles. The lowest BCUT2D eigenvalue weighted by atomic mass is 10.1. The van der Waals surface area contributed by atoms with Crippen LogP contribution in [0.4, 0.5) is 11.4 Å². The number of ketones is 1. The molecule has 0 bridgehead atoms. The third kappa shape index (κ3) is 6.41. The number of ether oxygens (including phenoxy) is 5. The van der Waals surface area contributed by atoms with E-state index in [-0.39, 0.29) is 11.5 Å². The Balaban J connectivity index is 1.87. The Kier molecular flexibility index (Phi) is 9.31. The maximum Gasteiger partial charge on any atom is 0.269 e. The molecule has 0 atom stereocenters. The Hall–Kier alpha value is -4.99. The van der Waals surface area contributed by atoms with Crippen molar-refractivity contribution in [3.05, 3.63) is 87.6 Å². The van der Waals surface area contributed by atoms with E-state index in [0.29, 0.717) is 40.0 Å². The zero-order valence-electron chi connectivity index (χ0n) is 21.6. The third-order valence-electron chi connectivity index (χ3n) is 5.49. The standard InChI is InChI=1S/C28H28N2O8/c1-34-24-15-18(6-7-19-16-25(35-2)28(38-5)26(17-19)36-3)14-22(27(24)37-4)29-13-12-23(31)20-8-10-21(11-9-20)30(32)33/h6-17,29H,1-5H3. The maximum absolute atomic E-state index is 12.5. The van der Waals surface area contributed by atoms with Crippen molar-refractivity contribution in [2.45, 2.75) is 0 Å². The lowest BCUT2D eigenvalue weighted by Gasteiger charge is -2.14. The predicted molar refractivity (Wildman–Crippen MR) is 145 cm³/mol. The molecule has 0 amide bonds. The SMILES string of the molecule is COc1cc(C=Cc2cc(OC)c(OC)c(OC)c2)cc(NC=CC(=O)c2ccc([N+](=O)[O-])cc2)c1OC. The minimum Gasteiger partial charge on any atom is -0.493 e. The molecule has 0 aliphatic rings. The monoisotopic (exact) mass is 520 g/mol. The van der Waals surface area contributed by atoms with Crippen molar-refractivity contribution in [2.75, 3.05) is 40.9 Å². The van der Waals surface area contributed by atoms with Gasteiger partial charge in [0, 0.05) is 30.0 Å². The maximum atomic E-state index is 12.5. The average molecular weight is 521 g/mol. The van der Waals surface area contributed by atoms with Crippen molar-refractivity contribution in [1.82, 2.24) is 0 Å². The number of hydrogen-bond acceptors (Lipinski definition) is 9. The summed E-state index contributed by atoms with van der Waals surface area (Å²) in [5.74, 6) is 2.17. The molecule has 0 aliphatic heterocycles. The fourth-order valence-electron chi connectivity index (χ4n) is 3.63. The first-order valence-corrected chi connectivity index (χ1v) is 11.3. The first-order valence-electron chi connectivity index (χ1n) is 11.3. The summed E-state index contributed by atoms with van der Waals surface area (Å²) >= 11 is 0. The van der Waals surface area contributed by atoms with Crippen molar-refractivity contribution in [3.8, 4) is 28.7 Å². The normalized spacial score (nSPS) is 10.9. The highest BCUT2D eigenvalue weighted by Gasteiger charge is 2.14. The van der Waals surface area contributed by atoms with Crippen LogP contribution in [0.1, 0.15) is 21.5 Å². The quantitative estimate of drug-likeness (QED) is 0.107. The molecule has 0 aliphatic carbocycles. The number of benzene rings is 3. The summed E-state index contributed by atoms with van der Waals surface area (Å²) in [4.78, 5) is 22.8. The number of anilines is 1. The van der Waals surface area contributed by atoms with Gasteiger partial charge in [-0.2, -0.15) is 0 Å². The predicted octanol–water partition coefficient (Wildman–Crippen LogP) is 5.62. The van der Waals surface area contributed by atoms with E-state index < -0.39 is 4.92 Å². The van der Waals surface area contributed by atoms with Gasteiger partial charge in [-0.05, 0) is 47.5 Å². The highest BCUT2D eigenvalue weighted by atomic mass is 16.6. The molecule has 198 valence electrons. The van der Waals surface area contributed by atoms with Crippen LogP contribution in [0.3, 0.4) is 0 Å². The van der Waals surface area contributed by atoms with Gasteiger partial charge < -0.3 is 29.0 Å². The molecule has 10 nitrogen and oxygen atoms in total. The molecule has 3 rings (SSSR count). The lowest BCUT2D eigenvalue weighted by molar-refractivity contribution is -0.384. The Morgan fingerprint density at radius 1 is 0.763 bits per heavy atom. The molecule has 0 spiro atoms. The number of rotatable bonds is 12. The van der Waals surface area contributed by atoms with Gasteiger partial charge in [-0.15, -0.1) is 0 Å². The Morgan fingerprint density at radius 3 is 1.74 bits per heavy atom. The van der Waals surface area contributed by atoms with Crippen LogP contribution in [0.5, 0.6) is 28.7 Å². The van der Waals surface area contributed by atoms with Gasteiger partial charge >= 0.3 is 0 Å². The van der Waals surface area contributed by atoms with Crippen molar-refractivity contribution >= 4 is 29.3 Å². The fourth-order valence-corrected chi connectivity index (χ4v) is 3.63. The summed E-state index contributed by atoms with van der Waals surface area (Å²) in [5, 5.41) is 13.9. The molecule has 0 fully saturated rings. The van der Waals surface area contributed by atoms with Crippen LogP contribution in [0.25, 0.3) is 12.2 Å². The molecule has 0 heterocycles. The van der Waals surface area contributed by atoms with Gasteiger partial charge in [0.1, 0.15) is 0 Å². The summed E-state index contributed by atoms with van der Waals surface area (Å²) in [7, 11) is 7.69. The van der Waals surface area contributed by atoms with Gasteiger partial charge in [-0.25, -0.2) is 0 Å². The molecule has 10 heteroatoms. The van der Waals surface area contributed by atoms with Crippen molar-refractivity contribution in [3.63, 3.8) is 0 Å². The zero-order chi connectivity index (χ0) is 27.7. The first-order chi connectivity index (χ1) is 18.3. The summed E-state index contributed by atoms with van der Waals surface area (Å²) in [6.45, 7) is 0. The van der Waals surface area contributed by atoms with Crippen LogP contribution in [0, 0.1) is 10.1 Å². The van der Waals surface area contributed by atoms with Crippen LogP contribution in [0.2, 0.25) is 0 Å². The fraction of sp³-hybridized carbons (Fsp3) is 0.179. The van der Waals surface area contributed by atoms with Crippen LogP contribution >= 0.6 is 0 Å². The highest BCUT2D eigenvalue weighted by Crippen LogP contribution is 2.40. The summed E-state index contributed by atoms with van der Waals surface area (Å²) in [5.41, 5.74) is 2.40. The number of non-ortho nitro benzene ring substituents is 1. The van der Waals surface area contributed by atoms with Gasteiger partial charge in [-0.3, -0.25) is 14.9 Å². The van der Waals surface area contributed by atoms with Crippen LogP contribution in [-0.2, 0) is 0 Å². The third-order valence-corrected chi connectivity index (χ3v) is 5.49. The molecule has 1 N–H and O–H groups in total. The van der Waals surface area contributed by atoms with E-state index in [9.17, 15) is 14.9 Å². The van der Waals surface area contributed by atoms with E-state index in [4.69, 9.17) is 23.7 Å². The number of nitrogens with one attached hydrogen (secondary N) is 1. The highest BCUT2D eigenvalue weighted by molar-refractivity contribution is 6.04. The Bertz CT molecular complexity index is 1340. The molecule has 0 unspecified atom stereocenters. The summed E-state index contributed by atoms with van der Waals surface area (Å²) in [6, 6.07) is 12.7. The number of nitro groups is 1. The molecule has 38 heavy (non-hydrogen) atoms. The van der Waals surface area contributed by atoms with Gasteiger partial charge in [0.15, 0.2) is 28.8 Å². The van der Waals surface area contributed by atoms with Gasteiger partial charge in [0.2, 0.25) is 5.75 Å². The second-order valence-corrected chi connectivity index (χ2v) is 7.74. The van der Waals surface area contributed by atoms with E-state index in [1.54, 1.807) is 21.3 Å². The van der Waals surface area contributed by atoms with E-state index in [2.05, 4.69) is 5.32 Å². The Labute approximate surface area is 220 Å². The topological polar surface area (TPSA) is 118 Å².